The van der Waals surface area contributed by atoms with E-state index in [0.717, 1.165) is 12.8 Å². The normalized spacial score (nSPS) is 14.3. The average Bonchev–Trinajstić information content (AvgIpc) is 3.43. The second-order valence-electron chi connectivity index (χ2n) is 7.49. The van der Waals surface area contributed by atoms with Crippen LogP contribution in [0.4, 0.5) is 0 Å². The van der Waals surface area contributed by atoms with Gasteiger partial charge in [0.05, 0.1) is 0 Å². The molecule has 0 bridgehead atoms. The zero-order valence-corrected chi connectivity index (χ0v) is 22.8. The molecular formula is C27H28Cl2Hf. The Morgan fingerprint density at radius 2 is 1.40 bits per heavy atom. The molecule has 0 spiro atoms. The van der Waals surface area contributed by atoms with E-state index >= 15 is 0 Å². The van der Waals surface area contributed by atoms with E-state index in [9.17, 15) is 0 Å². The first-order valence-corrected chi connectivity index (χ1v) is 15.8. The summed E-state index contributed by atoms with van der Waals surface area (Å²) in [6.07, 6.45) is 14.4. The van der Waals surface area contributed by atoms with Crippen molar-refractivity contribution in [3.63, 3.8) is 0 Å². The van der Waals surface area contributed by atoms with Crippen molar-refractivity contribution < 1.29 is 45.8 Å². The first-order valence-electron chi connectivity index (χ1n) is 10.4. The fourth-order valence-corrected chi connectivity index (χ4v) is 16.1. The Labute approximate surface area is 201 Å². The van der Waals surface area contributed by atoms with Gasteiger partial charge in [0.2, 0.25) is 0 Å². The molecule has 2 aromatic rings. The van der Waals surface area contributed by atoms with Crippen molar-refractivity contribution in [2.75, 3.05) is 0 Å². The van der Waals surface area contributed by atoms with Gasteiger partial charge in [-0.15, -0.1) is 0 Å². The van der Waals surface area contributed by atoms with Gasteiger partial charge in [0.25, 0.3) is 0 Å². The number of hydrogen-bond acceptors (Lipinski definition) is 0. The van der Waals surface area contributed by atoms with Crippen LogP contribution in [-0.4, -0.2) is 3.26 Å². The Kier molecular flexibility index (Phi) is 9.94. The third-order valence-electron chi connectivity index (χ3n) is 5.80. The van der Waals surface area contributed by atoms with Gasteiger partial charge in [-0.25, -0.2) is 0 Å². The number of allylic oxidation sites excluding steroid dienone is 8. The molecule has 2 aliphatic carbocycles. The van der Waals surface area contributed by atoms with E-state index in [-0.39, 0.29) is 24.8 Å². The predicted molar refractivity (Wildman–Crippen MR) is 118 cm³/mol. The minimum absolute atomic E-state index is 0. The quantitative estimate of drug-likeness (QED) is 0.436. The van der Waals surface area contributed by atoms with Crippen molar-refractivity contribution in [2.24, 2.45) is 0 Å². The van der Waals surface area contributed by atoms with E-state index in [0.29, 0.717) is 0 Å². The summed E-state index contributed by atoms with van der Waals surface area (Å²) in [4.78, 5) is 0. The van der Waals surface area contributed by atoms with Crippen molar-refractivity contribution in [1.29, 1.82) is 0 Å². The monoisotopic (exact) mass is 602 g/mol. The Morgan fingerprint density at radius 3 is 1.83 bits per heavy atom. The van der Waals surface area contributed by atoms with Crippen molar-refractivity contribution in [1.82, 2.24) is 0 Å². The van der Waals surface area contributed by atoms with E-state index in [1.54, 1.807) is 21.1 Å². The SMILES string of the molecule is CCC1=C(CC)C[C]([Hf+2]([C]2=CC=CC2)=[C](c2ccccc2)c2ccccc2)=C1.[Cl-].[Cl-]. The molecule has 30 heavy (non-hydrogen) atoms. The maximum absolute atomic E-state index is 2.60. The van der Waals surface area contributed by atoms with Crippen LogP contribution < -0.4 is 24.8 Å². The molecule has 0 atom stereocenters. The molecule has 154 valence electrons. The molecule has 0 heterocycles. The van der Waals surface area contributed by atoms with Crippen LogP contribution in [0.3, 0.4) is 0 Å². The van der Waals surface area contributed by atoms with Gasteiger partial charge in [-0.1, -0.05) is 0 Å². The summed E-state index contributed by atoms with van der Waals surface area (Å²) in [7, 11) is 0. The van der Waals surface area contributed by atoms with Gasteiger partial charge in [-0.2, -0.15) is 0 Å². The smallest absolute Gasteiger partial charge is 1.00 e. The Morgan fingerprint density at radius 1 is 0.800 bits per heavy atom. The first kappa shape index (κ1) is 25.0. The van der Waals surface area contributed by atoms with Gasteiger partial charge in [0.15, 0.2) is 0 Å². The summed E-state index contributed by atoms with van der Waals surface area (Å²) in [5.41, 5.74) is 6.12. The zero-order chi connectivity index (χ0) is 19.3. The van der Waals surface area contributed by atoms with Gasteiger partial charge in [-0.3, -0.25) is 0 Å². The van der Waals surface area contributed by atoms with Crippen LogP contribution in [0.2, 0.25) is 0 Å². The molecule has 0 unspecified atom stereocenters. The fraction of sp³-hybridized carbons (Fsp3) is 0.222. The number of hydrogen-bond donors (Lipinski definition) is 0. The molecule has 0 nitrogen and oxygen atoms in total. The van der Waals surface area contributed by atoms with Crippen LogP contribution in [0.1, 0.15) is 50.7 Å². The standard InChI is InChI=1S/C13H10.C9H13.C5H5.2ClH.Hf/c1-3-7-12(8-4-1)11-13-9-5-2-6-10-13;1-3-8-6-5-7-9(8)4-2;1-2-4-5-3-1;;;/h1-10H;6H,3-4,7H2,1-2H3;1-3H,4H2;2*1H;/q;;;;;+2/p-2. The third kappa shape index (κ3) is 5.31. The van der Waals surface area contributed by atoms with Crippen LogP contribution in [-0.2, 0) is 21.0 Å². The summed E-state index contributed by atoms with van der Waals surface area (Å²) < 4.78 is 5.16. The van der Waals surface area contributed by atoms with Gasteiger partial charge >= 0.3 is 178 Å². The molecule has 4 rings (SSSR count). The number of rotatable bonds is 6. The summed E-state index contributed by atoms with van der Waals surface area (Å²) in [6.45, 7) is 4.63. The summed E-state index contributed by atoms with van der Waals surface area (Å²) in [5, 5.41) is 0. The second-order valence-corrected chi connectivity index (χ2v) is 16.6. The van der Waals surface area contributed by atoms with Crippen molar-refractivity contribution in [2.45, 2.75) is 39.5 Å². The van der Waals surface area contributed by atoms with Crippen LogP contribution >= 0.6 is 0 Å². The molecule has 2 aliphatic rings. The summed E-state index contributed by atoms with van der Waals surface area (Å²) >= 11 is -2.45. The van der Waals surface area contributed by atoms with E-state index in [4.69, 9.17) is 0 Å². The molecule has 0 aromatic heterocycles. The third-order valence-corrected chi connectivity index (χ3v) is 16.8. The maximum atomic E-state index is 2.60. The zero-order valence-electron chi connectivity index (χ0n) is 17.7. The molecule has 0 N–H and O–H groups in total. The predicted octanol–water partition coefficient (Wildman–Crippen LogP) is 1.13. The minimum Gasteiger partial charge on any atom is -1.00 e. The van der Waals surface area contributed by atoms with Gasteiger partial charge in [-0.05, 0) is 0 Å². The van der Waals surface area contributed by atoms with E-state index < -0.39 is 21.0 Å². The van der Waals surface area contributed by atoms with Crippen molar-refractivity contribution in [3.8, 4) is 0 Å². The van der Waals surface area contributed by atoms with Gasteiger partial charge in [0, 0.05) is 0 Å². The molecule has 0 radical (unpaired) electrons. The van der Waals surface area contributed by atoms with Crippen molar-refractivity contribution >= 4 is 3.26 Å². The molecule has 0 saturated heterocycles. The molecule has 2 aromatic carbocycles. The molecule has 0 fully saturated rings. The maximum Gasteiger partial charge on any atom is -1.00 e. The topological polar surface area (TPSA) is 0 Å². The largest absolute Gasteiger partial charge is 1.00 e. The van der Waals surface area contributed by atoms with Gasteiger partial charge in [0.1, 0.15) is 0 Å². The van der Waals surface area contributed by atoms with E-state index in [1.165, 1.54) is 24.0 Å². The summed E-state index contributed by atoms with van der Waals surface area (Å²) in [5.74, 6) is 0. The molecule has 0 saturated carbocycles. The molecular weight excluding hydrogens is 574 g/mol. The first-order chi connectivity index (χ1) is 13.8. The molecule has 0 aliphatic heterocycles. The summed E-state index contributed by atoms with van der Waals surface area (Å²) in [6, 6.07) is 22.3. The average molecular weight is 602 g/mol. The molecule has 0 amide bonds. The van der Waals surface area contributed by atoms with Crippen LogP contribution in [0, 0.1) is 0 Å². The number of benzene rings is 2. The molecule has 3 heteroatoms. The Balaban J connectivity index is 0.00000160. The second kappa shape index (κ2) is 11.9. The number of halogens is 2. The van der Waals surface area contributed by atoms with Crippen LogP contribution in [0.25, 0.3) is 0 Å². The minimum atomic E-state index is -2.45. The van der Waals surface area contributed by atoms with Gasteiger partial charge < -0.3 is 24.8 Å². The van der Waals surface area contributed by atoms with Crippen LogP contribution in [0.5, 0.6) is 0 Å². The Bertz CT molecular complexity index is 968. The van der Waals surface area contributed by atoms with E-state index in [2.05, 4.69) is 98.8 Å². The van der Waals surface area contributed by atoms with Crippen molar-refractivity contribution in [3.05, 3.63) is 114 Å². The van der Waals surface area contributed by atoms with E-state index in [1.807, 2.05) is 0 Å². The fourth-order valence-electron chi connectivity index (χ4n) is 4.40. The van der Waals surface area contributed by atoms with Crippen LogP contribution in [0.15, 0.2) is 103 Å². The Hall–Kier alpha value is -1.28.